The molecule has 3 aromatic rings. The summed E-state index contributed by atoms with van der Waals surface area (Å²) in [5, 5.41) is 0.816. The molecule has 31 heavy (non-hydrogen) atoms. The van der Waals surface area contributed by atoms with Crippen LogP contribution in [0.1, 0.15) is 11.1 Å². The third kappa shape index (κ3) is 5.48. The molecule has 0 spiro atoms. The number of amides is 1. The van der Waals surface area contributed by atoms with Crippen LogP contribution in [0.3, 0.4) is 0 Å². The van der Waals surface area contributed by atoms with E-state index in [-0.39, 0.29) is 5.91 Å². The van der Waals surface area contributed by atoms with E-state index in [0.717, 1.165) is 49.3 Å². The van der Waals surface area contributed by atoms with Crippen molar-refractivity contribution < 1.29 is 9.53 Å². The van der Waals surface area contributed by atoms with Gasteiger partial charge < -0.3 is 9.64 Å². The summed E-state index contributed by atoms with van der Waals surface area (Å²) in [5.74, 6) is 1.38. The Kier molecular flexibility index (Phi) is 6.94. The number of imidazole rings is 1. The molecule has 7 heteroatoms. The zero-order valence-electron chi connectivity index (χ0n) is 18.0. The molecule has 2 aromatic carbocycles. The minimum absolute atomic E-state index is 0.171. The SMILES string of the molecule is COc1ccc(-n2ccnc2SCC(=O)N2CCN(Cc3cccc(C)c3)CC2)cc1. The van der Waals surface area contributed by atoms with Crippen LogP contribution in [0.25, 0.3) is 5.69 Å². The Morgan fingerprint density at radius 2 is 1.87 bits per heavy atom. The van der Waals surface area contributed by atoms with Gasteiger partial charge in [-0.2, -0.15) is 0 Å². The molecular formula is C24H28N4O2S. The molecule has 4 rings (SSSR count). The molecule has 0 atom stereocenters. The van der Waals surface area contributed by atoms with Gasteiger partial charge in [-0.25, -0.2) is 4.98 Å². The number of hydrogen-bond acceptors (Lipinski definition) is 5. The standard InChI is InChI=1S/C24H28N4O2S/c1-19-4-3-5-20(16-19)17-26-12-14-27(15-13-26)23(29)18-31-24-25-10-11-28(24)21-6-8-22(30-2)9-7-21/h3-11,16H,12-15,17-18H2,1-2H3. The summed E-state index contributed by atoms with van der Waals surface area (Å²) in [6, 6.07) is 16.5. The minimum Gasteiger partial charge on any atom is -0.497 e. The third-order valence-electron chi connectivity index (χ3n) is 5.50. The van der Waals surface area contributed by atoms with Crippen molar-refractivity contribution in [2.45, 2.75) is 18.6 Å². The lowest BCUT2D eigenvalue weighted by Crippen LogP contribution is -2.48. The molecule has 1 aliphatic rings. The van der Waals surface area contributed by atoms with E-state index in [4.69, 9.17) is 4.74 Å². The van der Waals surface area contributed by atoms with Crippen molar-refractivity contribution in [2.24, 2.45) is 0 Å². The molecule has 0 unspecified atom stereocenters. The van der Waals surface area contributed by atoms with Gasteiger partial charge in [0.1, 0.15) is 5.75 Å². The Morgan fingerprint density at radius 1 is 1.10 bits per heavy atom. The van der Waals surface area contributed by atoms with Crippen LogP contribution >= 0.6 is 11.8 Å². The Morgan fingerprint density at radius 3 is 2.58 bits per heavy atom. The summed E-state index contributed by atoms with van der Waals surface area (Å²) in [7, 11) is 1.65. The average Bonchev–Trinajstić information content (AvgIpc) is 3.27. The Labute approximate surface area is 187 Å². The molecule has 1 aliphatic heterocycles. The van der Waals surface area contributed by atoms with E-state index < -0.39 is 0 Å². The van der Waals surface area contributed by atoms with Crippen LogP contribution in [-0.2, 0) is 11.3 Å². The van der Waals surface area contributed by atoms with Crippen LogP contribution < -0.4 is 4.74 Å². The first-order valence-electron chi connectivity index (χ1n) is 10.5. The van der Waals surface area contributed by atoms with Crippen LogP contribution in [0.2, 0.25) is 0 Å². The molecule has 1 saturated heterocycles. The van der Waals surface area contributed by atoms with Crippen molar-refractivity contribution in [1.29, 1.82) is 0 Å². The Bertz CT molecular complexity index is 1010. The molecule has 0 N–H and O–H groups in total. The van der Waals surface area contributed by atoms with Crippen molar-refractivity contribution in [1.82, 2.24) is 19.4 Å². The fourth-order valence-corrected chi connectivity index (χ4v) is 4.65. The van der Waals surface area contributed by atoms with Gasteiger partial charge in [0.2, 0.25) is 5.91 Å². The summed E-state index contributed by atoms with van der Waals surface area (Å²) in [6.45, 7) is 6.43. The van der Waals surface area contributed by atoms with Crippen molar-refractivity contribution in [3.8, 4) is 11.4 Å². The fourth-order valence-electron chi connectivity index (χ4n) is 3.78. The molecule has 0 radical (unpaired) electrons. The second-order valence-electron chi connectivity index (χ2n) is 7.71. The quantitative estimate of drug-likeness (QED) is 0.530. The highest BCUT2D eigenvalue weighted by molar-refractivity contribution is 7.99. The molecule has 0 aliphatic carbocycles. The number of aromatic nitrogens is 2. The normalized spacial score (nSPS) is 14.6. The average molecular weight is 437 g/mol. The number of rotatable bonds is 7. The molecule has 6 nitrogen and oxygen atoms in total. The zero-order valence-corrected chi connectivity index (χ0v) is 18.8. The second-order valence-corrected chi connectivity index (χ2v) is 8.66. The highest BCUT2D eigenvalue weighted by Gasteiger charge is 2.21. The number of hydrogen-bond donors (Lipinski definition) is 0. The van der Waals surface area contributed by atoms with Crippen LogP contribution in [0, 0.1) is 6.92 Å². The van der Waals surface area contributed by atoms with Crippen molar-refractivity contribution >= 4 is 17.7 Å². The number of piperazine rings is 1. The maximum atomic E-state index is 12.8. The number of nitrogens with zero attached hydrogens (tertiary/aromatic N) is 4. The van der Waals surface area contributed by atoms with Crippen LogP contribution in [-0.4, -0.2) is 64.3 Å². The summed E-state index contributed by atoms with van der Waals surface area (Å²) in [4.78, 5) is 21.6. The smallest absolute Gasteiger partial charge is 0.233 e. The van der Waals surface area contributed by atoms with E-state index in [9.17, 15) is 4.79 Å². The predicted octanol–water partition coefficient (Wildman–Crippen LogP) is 3.63. The lowest BCUT2D eigenvalue weighted by Gasteiger charge is -2.34. The van der Waals surface area contributed by atoms with Gasteiger partial charge in [0.25, 0.3) is 0 Å². The van der Waals surface area contributed by atoms with Crippen LogP contribution in [0.15, 0.2) is 66.1 Å². The van der Waals surface area contributed by atoms with Crippen molar-refractivity contribution in [3.05, 3.63) is 72.1 Å². The van der Waals surface area contributed by atoms with E-state index in [0.29, 0.717) is 5.75 Å². The van der Waals surface area contributed by atoms with E-state index >= 15 is 0 Å². The fraction of sp³-hybridized carbons (Fsp3) is 0.333. The summed E-state index contributed by atoms with van der Waals surface area (Å²) < 4.78 is 7.22. The Balaban J connectivity index is 1.28. The molecule has 2 heterocycles. The summed E-state index contributed by atoms with van der Waals surface area (Å²) >= 11 is 1.48. The molecular weight excluding hydrogens is 408 g/mol. The van der Waals surface area contributed by atoms with E-state index in [1.807, 2.05) is 39.9 Å². The van der Waals surface area contributed by atoms with Gasteiger partial charge in [0, 0.05) is 50.8 Å². The number of benzene rings is 2. The maximum Gasteiger partial charge on any atom is 0.233 e. The highest BCUT2D eigenvalue weighted by atomic mass is 32.2. The molecule has 1 aromatic heterocycles. The topological polar surface area (TPSA) is 50.6 Å². The number of carbonyl (C=O) groups excluding carboxylic acids is 1. The van der Waals surface area contributed by atoms with Gasteiger partial charge in [0.05, 0.1) is 12.9 Å². The number of thioether (sulfide) groups is 1. The minimum atomic E-state index is 0.171. The summed E-state index contributed by atoms with van der Waals surface area (Å²) in [5.41, 5.74) is 3.62. The van der Waals surface area contributed by atoms with Crippen LogP contribution in [0.5, 0.6) is 5.75 Å². The largest absolute Gasteiger partial charge is 0.497 e. The number of aryl methyl sites for hydroxylation is 1. The van der Waals surface area contributed by atoms with E-state index in [2.05, 4.69) is 41.1 Å². The monoisotopic (exact) mass is 436 g/mol. The molecule has 1 fully saturated rings. The first-order valence-corrected chi connectivity index (χ1v) is 11.5. The van der Waals surface area contributed by atoms with Gasteiger partial charge >= 0.3 is 0 Å². The third-order valence-corrected chi connectivity index (χ3v) is 6.45. The van der Waals surface area contributed by atoms with Crippen molar-refractivity contribution in [2.75, 3.05) is 39.0 Å². The highest BCUT2D eigenvalue weighted by Crippen LogP contribution is 2.23. The van der Waals surface area contributed by atoms with E-state index in [1.165, 1.54) is 22.9 Å². The maximum absolute atomic E-state index is 12.8. The first kappa shape index (κ1) is 21.5. The molecule has 1 amide bonds. The number of carbonyl (C=O) groups is 1. The van der Waals surface area contributed by atoms with Crippen LogP contribution in [0.4, 0.5) is 0 Å². The second kappa shape index (κ2) is 10.0. The Hall–Kier alpha value is -2.77. The lowest BCUT2D eigenvalue weighted by molar-refractivity contribution is -0.130. The predicted molar refractivity (Wildman–Crippen MR) is 124 cm³/mol. The van der Waals surface area contributed by atoms with Gasteiger partial charge in [0.15, 0.2) is 5.16 Å². The molecule has 0 bridgehead atoms. The van der Waals surface area contributed by atoms with Gasteiger partial charge in [-0.1, -0.05) is 41.6 Å². The number of ether oxygens (including phenoxy) is 1. The first-order chi connectivity index (χ1) is 15.1. The lowest BCUT2D eigenvalue weighted by atomic mass is 10.1. The molecule has 162 valence electrons. The summed E-state index contributed by atoms with van der Waals surface area (Å²) in [6.07, 6.45) is 3.68. The van der Waals surface area contributed by atoms with Gasteiger partial charge in [-0.15, -0.1) is 0 Å². The van der Waals surface area contributed by atoms with Gasteiger partial charge in [-0.05, 0) is 36.8 Å². The van der Waals surface area contributed by atoms with Gasteiger partial charge in [-0.3, -0.25) is 14.3 Å². The zero-order chi connectivity index (χ0) is 21.6. The number of methoxy groups -OCH3 is 1. The molecule has 0 saturated carbocycles. The van der Waals surface area contributed by atoms with E-state index in [1.54, 1.807) is 13.3 Å². The van der Waals surface area contributed by atoms with Crippen molar-refractivity contribution in [3.63, 3.8) is 0 Å².